The van der Waals surface area contributed by atoms with Gasteiger partial charge in [0.2, 0.25) is 0 Å². The van der Waals surface area contributed by atoms with Crippen molar-refractivity contribution in [2.75, 3.05) is 37.3 Å². The highest BCUT2D eigenvalue weighted by molar-refractivity contribution is 5.65. The van der Waals surface area contributed by atoms with Crippen LogP contribution in [-0.4, -0.2) is 31.7 Å². The van der Waals surface area contributed by atoms with E-state index in [4.69, 9.17) is 5.73 Å². The van der Waals surface area contributed by atoms with Crippen molar-refractivity contribution >= 4 is 11.4 Å². The first kappa shape index (κ1) is 10.8. The molecule has 0 aromatic carbocycles. The topological polar surface area (TPSA) is 54.2 Å². The van der Waals surface area contributed by atoms with Crippen LogP contribution < -0.4 is 16.0 Å². The summed E-state index contributed by atoms with van der Waals surface area (Å²) >= 11 is 0. The second-order valence-corrected chi connectivity index (χ2v) is 3.12. The molecule has 1 rings (SSSR count). The van der Waals surface area contributed by atoms with E-state index in [1.807, 2.05) is 13.1 Å². The fourth-order valence-corrected chi connectivity index (χ4v) is 1.38. The van der Waals surface area contributed by atoms with Crippen LogP contribution in [0.2, 0.25) is 0 Å². The van der Waals surface area contributed by atoms with E-state index in [1.54, 1.807) is 12.4 Å². The SMILES string of the molecule is CCN(CCNC)c1ccncc1N. The molecule has 0 aliphatic carbocycles. The number of nitrogens with zero attached hydrogens (tertiary/aromatic N) is 2. The van der Waals surface area contributed by atoms with E-state index in [9.17, 15) is 0 Å². The second kappa shape index (κ2) is 5.44. The number of nitrogens with one attached hydrogen (secondary N) is 1. The Kier molecular flexibility index (Phi) is 4.19. The number of nitrogen functional groups attached to an aromatic ring is 1. The molecule has 0 unspecified atom stereocenters. The van der Waals surface area contributed by atoms with Gasteiger partial charge >= 0.3 is 0 Å². The van der Waals surface area contributed by atoms with E-state index >= 15 is 0 Å². The lowest BCUT2D eigenvalue weighted by Crippen LogP contribution is -2.31. The summed E-state index contributed by atoms with van der Waals surface area (Å²) in [5, 5.41) is 3.12. The van der Waals surface area contributed by atoms with Gasteiger partial charge in [-0.2, -0.15) is 0 Å². The minimum absolute atomic E-state index is 0.741. The van der Waals surface area contributed by atoms with Crippen molar-refractivity contribution in [2.24, 2.45) is 0 Å². The molecule has 0 radical (unpaired) electrons. The number of pyridine rings is 1. The molecule has 0 saturated carbocycles. The van der Waals surface area contributed by atoms with Crippen molar-refractivity contribution < 1.29 is 0 Å². The molecule has 0 bridgehead atoms. The van der Waals surface area contributed by atoms with Gasteiger partial charge in [-0.15, -0.1) is 0 Å². The predicted octanol–water partition coefficient (Wildman–Crippen LogP) is 0.709. The Hall–Kier alpha value is -1.29. The molecule has 0 aliphatic rings. The molecule has 1 aromatic rings. The van der Waals surface area contributed by atoms with E-state index in [0.29, 0.717) is 0 Å². The fourth-order valence-electron chi connectivity index (χ4n) is 1.38. The molecular formula is C10H18N4. The van der Waals surface area contributed by atoms with Gasteiger partial charge in [0, 0.05) is 25.8 Å². The molecule has 0 saturated heterocycles. The Morgan fingerprint density at radius 1 is 1.57 bits per heavy atom. The number of likely N-dealkylation sites (N-methyl/N-ethyl adjacent to an activating group) is 2. The maximum absolute atomic E-state index is 5.84. The molecule has 4 nitrogen and oxygen atoms in total. The van der Waals surface area contributed by atoms with Crippen molar-refractivity contribution in [1.29, 1.82) is 0 Å². The highest BCUT2D eigenvalue weighted by Crippen LogP contribution is 2.20. The van der Waals surface area contributed by atoms with Gasteiger partial charge in [0.25, 0.3) is 0 Å². The molecule has 4 heteroatoms. The summed E-state index contributed by atoms with van der Waals surface area (Å²) in [6, 6.07) is 1.95. The Bertz CT molecular complexity index is 275. The largest absolute Gasteiger partial charge is 0.396 e. The predicted molar refractivity (Wildman–Crippen MR) is 60.5 cm³/mol. The maximum Gasteiger partial charge on any atom is 0.0738 e. The highest BCUT2D eigenvalue weighted by atomic mass is 15.1. The van der Waals surface area contributed by atoms with Crippen molar-refractivity contribution in [3.63, 3.8) is 0 Å². The average Bonchev–Trinajstić information content (AvgIpc) is 2.21. The molecule has 14 heavy (non-hydrogen) atoms. The van der Waals surface area contributed by atoms with E-state index in [2.05, 4.69) is 22.1 Å². The van der Waals surface area contributed by atoms with Gasteiger partial charge in [-0.1, -0.05) is 0 Å². The molecule has 0 fully saturated rings. The van der Waals surface area contributed by atoms with Gasteiger partial charge in [0.1, 0.15) is 0 Å². The first-order valence-corrected chi connectivity index (χ1v) is 4.88. The van der Waals surface area contributed by atoms with Crippen LogP contribution in [0.3, 0.4) is 0 Å². The summed E-state index contributed by atoms with van der Waals surface area (Å²) in [5.41, 5.74) is 7.65. The summed E-state index contributed by atoms with van der Waals surface area (Å²) < 4.78 is 0. The first-order chi connectivity index (χ1) is 6.79. The van der Waals surface area contributed by atoms with Gasteiger partial charge in [-0.05, 0) is 20.0 Å². The molecule has 1 heterocycles. The molecule has 0 spiro atoms. The Morgan fingerprint density at radius 2 is 2.36 bits per heavy atom. The summed E-state index contributed by atoms with van der Waals surface area (Å²) in [6.07, 6.45) is 3.46. The number of hydrogen-bond acceptors (Lipinski definition) is 4. The fraction of sp³-hybridized carbons (Fsp3) is 0.500. The van der Waals surface area contributed by atoms with Gasteiger partial charge in [0.15, 0.2) is 0 Å². The van der Waals surface area contributed by atoms with E-state index in [-0.39, 0.29) is 0 Å². The Morgan fingerprint density at radius 3 is 2.93 bits per heavy atom. The molecule has 3 N–H and O–H groups in total. The van der Waals surface area contributed by atoms with Gasteiger partial charge in [-0.3, -0.25) is 4.98 Å². The van der Waals surface area contributed by atoms with E-state index < -0.39 is 0 Å². The van der Waals surface area contributed by atoms with Crippen molar-refractivity contribution in [3.05, 3.63) is 18.5 Å². The van der Waals surface area contributed by atoms with Crippen LogP contribution in [0.5, 0.6) is 0 Å². The average molecular weight is 194 g/mol. The third-order valence-corrected chi connectivity index (χ3v) is 2.18. The summed E-state index contributed by atoms with van der Waals surface area (Å²) in [4.78, 5) is 6.20. The van der Waals surface area contributed by atoms with Crippen molar-refractivity contribution in [3.8, 4) is 0 Å². The van der Waals surface area contributed by atoms with Crippen molar-refractivity contribution in [1.82, 2.24) is 10.3 Å². The van der Waals surface area contributed by atoms with Crippen LogP contribution in [0.1, 0.15) is 6.92 Å². The van der Waals surface area contributed by atoms with Crippen LogP contribution in [0.15, 0.2) is 18.5 Å². The molecule has 0 aliphatic heterocycles. The minimum atomic E-state index is 0.741. The molecule has 0 atom stereocenters. The van der Waals surface area contributed by atoms with Crippen LogP contribution in [0, 0.1) is 0 Å². The number of anilines is 2. The first-order valence-electron chi connectivity index (χ1n) is 4.88. The monoisotopic (exact) mass is 194 g/mol. The third-order valence-electron chi connectivity index (χ3n) is 2.18. The van der Waals surface area contributed by atoms with Gasteiger partial charge < -0.3 is 16.0 Å². The minimum Gasteiger partial charge on any atom is -0.396 e. The standard InChI is InChI=1S/C10H18N4/c1-3-14(7-6-12-2)10-4-5-13-8-9(10)11/h4-5,8,12H,3,6-7,11H2,1-2H3. The quantitative estimate of drug-likeness (QED) is 0.725. The second-order valence-electron chi connectivity index (χ2n) is 3.12. The number of hydrogen-bond donors (Lipinski definition) is 2. The van der Waals surface area contributed by atoms with Crippen LogP contribution in [0.4, 0.5) is 11.4 Å². The Balaban J connectivity index is 2.73. The van der Waals surface area contributed by atoms with Crippen LogP contribution >= 0.6 is 0 Å². The lowest BCUT2D eigenvalue weighted by atomic mass is 10.3. The van der Waals surface area contributed by atoms with Gasteiger partial charge in [-0.25, -0.2) is 0 Å². The lowest BCUT2D eigenvalue weighted by molar-refractivity contribution is 0.737. The van der Waals surface area contributed by atoms with Crippen LogP contribution in [0.25, 0.3) is 0 Å². The number of nitrogens with two attached hydrogens (primary N) is 1. The summed E-state index contributed by atoms with van der Waals surface area (Å²) in [6.45, 7) is 4.99. The normalized spacial score (nSPS) is 10.1. The van der Waals surface area contributed by atoms with E-state index in [0.717, 1.165) is 31.0 Å². The number of rotatable bonds is 5. The third kappa shape index (κ3) is 2.60. The molecular weight excluding hydrogens is 176 g/mol. The zero-order valence-corrected chi connectivity index (χ0v) is 8.83. The summed E-state index contributed by atoms with van der Waals surface area (Å²) in [7, 11) is 1.95. The molecule has 0 amide bonds. The Labute approximate surface area is 85.1 Å². The van der Waals surface area contributed by atoms with Crippen molar-refractivity contribution in [2.45, 2.75) is 6.92 Å². The van der Waals surface area contributed by atoms with Gasteiger partial charge in [0.05, 0.1) is 17.6 Å². The smallest absolute Gasteiger partial charge is 0.0738 e. The lowest BCUT2D eigenvalue weighted by Gasteiger charge is -2.23. The molecule has 78 valence electrons. The zero-order chi connectivity index (χ0) is 10.4. The number of aromatic nitrogens is 1. The summed E-state index contributed by atoms with van der Waals surface area (Å²) in [5.74, 6) is 0. The maximum atomic E-state index is 5.84. The van der Waals surface area contributed by atoms with Crippen LogP contribution in [-0.2, 0) is 0 Å². The highest BCUT2D eigenvalue weighted by Gasteiger charge is 2.06. The molecule has 1 aromatic heterocycles. The zero-order valence-electron chi connectivity index (χ0n) is 8.83. The van der Waals surface area contributed by atoms with E-state index in [1.165, 1.54) is 0 Å².